The van der Waals surface area contributed by atoms with Gasteiger partial charge in [0.15, 0.2) is 11.5 Å². The van der Waals surface area contributed by atoms with Gasteiger partial charge in [-0.15, -0.1) is 0 Å². The maximum absolute atomic E-state index is 13.3. The standard InChI is InChI=1S/C28H31ClN4O5/c1-36-24-12-11-21(14-25(24)37-2)33-16-23(18-7-9-20(29)10-8-18)30-28(33)31-26(34)17-32(27(35)19-5-6-19)15-22-4-3-13-38-22/h7-12,14,16,19,22H,3-6,13,15,17H2,1-2H3,(H,30,31,34)/t22-/m1/s1. The van der Waals surface area contributed by atoms with Crippen molar-refractivity contribution in [2.24, 2.45) is 5.92 Å². The molecule has 0 spiro atoms. The molecule has 9 nitrogen and oxygen atoms in total. The van der Waals surface area contributed by atoms with Crippen molar-refractivity contribution in [3.63, 3.8) is 0 Å². The van der Waals surface area contributed by atoms with Gasteiger partial charge in [0.25, 0.3) is 0 Å². The molecule has 1 aromatic heterocycles. The fourth-order valence-electron chi connectivity index (χ4n) is 4.59. The first-order valence-corrected chi connectivity index (χ1v) is 13.1. The summed E-state index contributed by atoms with van der Waals surface area (Å²) >= 11 is 6.07. The third kappa shape index (κ3) is 5.95. The summed E-state index contributed by atoms with van der Waals surface area (Å²) in [6.07, 6.45) is 5.41. The summed E-state index contributed by atoms with van der Waals surface area (Å²) in [5.41, 5.74) is 2.21. The van der Waals surface area contributed by atoms with Gasteiger partial charge in [-0.25, -0.2) is 4.98 Å². The van der Waals surface area contributed by atoms with Crippen LogP contribution in [0.1, 0.15) is 25.7 Å². The summed E-state index contributed by atoms with van der Waals surface area (Å²) in [6.45, 7) is 1.05. The van der Waals surface area contributed by atoms with E-state index in [1.54, 1.807) is 41.9 Å². The number of carbonyl (C=O) groups excluding carboxylic acids is 2. The van der Waals surface area contributed by atoms with Crippen LogP contribution >= 0.6 is 11.6 Å². The number of nitrogens with zero attached hydrogens (tertiary/aromatic N) is 3. The monoisotopic (exact) mass is 538 g/mol. The first kappa shape index (κ1) is 26.1. The molecule has 2 fully saturated rings. The van der Waals surface area contributed by atoms with Crippen molar-refractivity contribution in [2.75, 3.05) is 39.2 Å². The Morgan fingerprint density at radius 3 is 2.53 bits per heavy atom. The third-order valence-corrected chi connectivity index (χ3v) is 7.02. The number of methoxy groups -OCH3 is 2. The Hall–Kier alpha value is -3.56. The number of aromatic nitrogens is 2. The number of carbonyl (C=O) groups is 2. The number of ether oxygens (including phenoxy) is 3. The molecule has 0 bridgehead atoms. The molecule has 1 aliphatic carbocycles. The van der Waals surface area contributed by atoms with Gasteiger partial charge in [0.1, 0.15) is 6.54 Å². The Kier molecular flexibility index (Phi) is 7.85. The van der Waals surface area contributed by atoms with Crippen LogP contribution in [-0.4, -0.2) is 66.3 Å². The minimum absolute atomic E-state index is 0.00876. The van der Waals surface area contributed by atoms with Gasteiger partial charge in [0.2, 0.25) is 17.8 Å². The second-order valence-electron chi connectivity index (χ2n) is 9.54. The highest BCUT2D eigenvalue weighted by Gasteiger charge is 2.35. The van der Waals surface area contributed by atoms with Crippen LogP contribution in [0.2, 0.25) is 5.02 Å². The summed E-state index contributed by atoms with van der Waals surface area (Å²) in [5.74, 6) is 1.15. The Balaban J connectivity index is 1.42. The number of nitrogens with one attached hydrogen (secondary N) is 1. The van der Waals surface area contributed by atoms with Crippen molar-refractivity contribution in [1.29, 1.82) is 0 Å². The lowest BCUT2D eigenvalue weighted by Gasteiger charge is -2.25. The molecule has 200 valence electrons. The quantitative estimate of drug-likeness (QED) is 0.406. The first-order chi connectivity index (χ1) is 18.4. The molecule has 38 heavy (non-hydrogen) atoms. The largest absolute Gasteiger partial charge is 0.493 e. The Morgan fingerprint density at radius 2 is 1.87 bits per heavy atom. The molecule has 2 heterocycles. The fraction of sp³-hybridized carbons (Fsp3) is 0.393. The summed E-state index contributed by atoms with van der Waals surface area (Å²) in [4.78, 5) is 32.6. The molecule has 2 aliphatic rings. The van der Waals surface area contributed by atoms with E-state index in [1.807, 2.05) is 30.5 Å². The zero-order valence-corrected chi connectivity index (χ0v) is 22.2. The number of hydrogen-bond acceptors (Lipinski definition) is 6. The molecule has 1 saturated carbocycles. The maximum atomic E-state index is 13.3. The van der Waals surface area contributed by atoms with E-state index >= 15 is 0 Å². The molecule has 0 unspecified atom stereocenters. The van der Waals surface area contributed by atoms with Crippen molar-refractivity contribution in [1.82, 2.24) is 14.5 Å². The number of hydrogen-bond donors (Lipinski definition) is 1. The number of halogens is 1. The molecule has 2 aromatic carbocycles. The second-order valence-corrected chi connectivity index (χ2v) is 9.98. The Bertz CT molecular complexity index is 1300. The average molecular weight is 539 g/mol. The molecule has 1 saturated heterocycles. The second kappa shape index (κ2) is 11.4. The number of imidazole rings is 1. The number of amides is 2. The molecule has 2 amide bonds. The summed E-state index contributed by atoms with van der Waals surface area (Å²) < 4.78 is 18.4. The Labute approximate surface area is 226 Å². The van der Waals surface area contributed by atoms with Crippen LogP contribution in [0.3, 0.4) is 0 Å². The molecule has 10 heteroatoms. The van der Waals surface area contributed by atoms with Crippen LogP contribution in [0.4, 0.5) is 5.95 Å². The zero-order chi connectivity index (χ0) is 26.6. The lowest BCUT2D eigenvalue weighted by Crippen LogP contribution is -2.43. The van der Waals surface area contributed by atoms with Crippen molar-refractivity contribution in [2.45, 2.75) is 31.8 Å². The minimum atomic E-state index is -0.327. The van der Waals surface area contributed by atoms with Gasteiger partial charge in [-0.2, -0.15) is 0 Å². The smallest absolute Gasteiger partial charge is 0.246 e. The topological polar surface area (TPSA) is 94.9 Å². The van der Waals surface area contributed by atoms with Crippen molar-refractivity contribution < 1.29 is 23.8 Å². The molecule has 5 rings (SSSR count). The highest BCUT2D eigenvalue weighted by molar-refractivity contribution is 6.30. The van der Waals surface area contributed by atoms with E-state index in [0.717, 1.165) is 36.9 Å². The average Bonchev–Trinajstić information content (AvgIpc) is 3.50. The van der Waals surface area contributed by atoms with Gasteiger partial charge in [-0.05, 0) is 49.9 Å². The van der Waals surface area contributed by atoms with Crippen LogP contribution in [0.5, 0.6) is 11.5 Å². The molecule has 1 N–H and O–H groups in total. The SMILES string of the molecule is COc1ccc(-n2cc(-c3ccc(Cl)cc3)nc2NC(=O)CN(C[C@H]2CCCO2)C(=O)C2CC2)cc1OC. The minimum Gasteiger partial charge on any atom is -0.493 e. The predicted molar refractivity (Wildman–Crippen MR) is 144 cm³/mol. The van der Waals surface area contributed by atoms with E-state index in [4.69, 9.17) is 30.8 Å². The number of rotatable bonds is 10. The van der Waals surface area contributed by atoms with Gasteiger partial charge < -0.3 is 19.1 Å². The lowest BCUT2D eigenvalue weighted by atomic mass is 10.2. The van der Waals surface area contributed by atoms with Gasteiger partial charge in [-0.1, -0.05) is 23.7 Å². The van der Waals surface area contributed by atoms with Gasteiger partial charge in [0.05, 0.1) is 31.7 Å². The van der Waals surface area contributed by atoms with Crippen LogP contribution in [0, 0.1) is 5.92 Å². The Morgan fingerprint density at radius 1 is 1.11 bits per heavy atom. The van der Waals surface area contributed by atoms with E-state index < -0.39 is 0 Å². The van der Waals surface area contributed by atoms with E-state index in [0.29, 0.717) is 41.3 Å². The van der Waals surface area contributed by atoms with Gasteiger partial charge in [-0.3, -0.25) is 19.5 Å². The van der Waals surface area contributed by atoms with Crippen LogP contribution in [0.25, 0.3) is 16.9 Å². The predicted octanol–water partition coefficient (Wildman–Crippen LogP) is 4.57. The van der Waals surface area contributed by atoms with E-state index in [1.165, 1.54) is 0 Å². The normalized spacial score (nSPS) is 16.8. The van der Waals surface area contributed by atoms with E-state index in [2.05, 4.69) is 5.32 Å². The van der Waals surface area contributed by atoms with Gasteiger partial charge in [0, 0.05) is 41.9 Å². The molecular formula is C28H31ClN4O5. The van der Waals surface area contributed by atoms with Gasteiger partial charge >= 0.3 is 0 Å². The highest BCUT2D eigenvalue weighted by Crippen LogP contribution is 2.33. The highest BCUT2D eigenvalue weighted by atomic mass is 35.5. The van der Waals surface area contributed by atoms with E-state index in [-0.39, 0.29) is 30.4 Å². The molecular weight excluding hydrogens is 508 g/mol. The van der Waals surface area contributed by atoms with Crippen molar-refractivity contribution in [3.05, 3.63) is 53.7 Å². The van der Waals surface area contributed by atoms with Crippen LogP contribution in [-0.2, 0) is 14.3 Å². The van der Waals surface area contributed by atoms with Crippen molar-refractivity contribution in [3.8, 4) is 28.4 Å². The number of anilines is 1. The fourth-order valence-corrected chi connectivity index (χ4v) is 4.72. The zero-order valence-electron chi connectivity index (χ0n) is 21.5. The molecule has 0 radical (unpaired) electrons. The summed E-state index contributed by atoms with van der Waals surface area (Å²) in [7, 11) is 3.14. The van der Waals surface area contributed by atoms with E-state index in [9.17, 15) is 9.59 Å². The maximum Gasteiger partial charge on any atom is 0.246 e. The van der Waals surface area contributed by atoms with Crippen molar-refractivity contribution >= 4 is 29.4 Å². The first-order valence-electron chi connectivity index (χ1n) is 12.7. The third-order valence-electron chi connectivity index (χ3n) is 6.76. The lowest BCUT2D eigenvalue weighted by molar-refractivity contribution is -0.137. The molecule has 3 aromatic rings. The van der Waals surface area contributed by atoms with Crippen LogP contribution < -0.4 is 14.8 Å². The van der Waals surface area contributed by atoms with Crippen LogP contribution in [0.15, 0.2) is 48.7 Å². The summed E-state index contributed by atoms with van der Waals surface area (Å²) in [5, 5.41) is 3.55. The molecule has 1 atom stereocenters. The molecule has 1 aliphatic heterocycles. The number of benzene rings is 2. The summed E-state index contributed by atoms with van der Waals surface area (Å²) in [6, 6.07) is 12.8.